The molecular formula is C22H21ClN7O5S2+. The van der Waals surface area contributed by atoms with E-state index in [0.717, 1.165) is 22.5 Å². The van der Waals surface area contributed by atoms with Crippen LogP contribution in [0.5, 0.6) is 0 Å². The summed E-state index contributed by atoms with van der Waals surface area (Å²) >= 11 is 8.46. The molecule has 3 aromatic rings. The molecule has 2 atom stereocenters. The maximum atomic E-state index is 13.1. The molecule has 37 heavy (non-hydrogen) atoms. The second-order valence-corrected chi connectivity index (χ2v) is 11.0. The number of aryl methyl sites for hydroxylation is 1. The maximum Gasteiger partial charge on any atom is 0.352 e. The molecule has 1 fully saturated rings. The largest absolute Gasteiger partial charge is 0.477 e. The first-order chi connectivity index (χ1) is 17.7. The number of aromatic nitrogens is 3. The smallest absolute Gasteiger partial charge is 0.352 e. The number of aliphatic carboxylic acids is 1. The van der Waals surface area contributed by atoms with E-state index in [1.165, 1.54) is 23.8 Å². The molecule has 15 heteroatoms. The Hall–Kier alpha value is -3.62. The molecular weight excluding hydrogens is 542 g/mol. The molecule has 2 aliphatic heterocycles. The van der Waals surface area contributed by atoms with Crippen molar-refractivity contribution in [3.8, 4) is 0 Å². The molecule has 3 aromatic heterocycles. The van der Waals surface area contributed by atoms with E-state index < -0.39 is 29.2 Å². The Morgan fingerprint density at radius 1 is 1.43 bits per heavy atom. The third-order valence-electron chi connectivity index (χ3n) is 6.11. The zero-order valence-electron chi connectivity index (χ0n) is 19.5. The highest BCUT2D eigenvalue weighted by Crippen LogP contribution is 2.40. The predicted molar refractivity (Wildman–Crippen MR) is 137 cm³/mol. The number of anilines is 1. The third kappa shape index (κ3) is 4.30. The van der Waals surface area contributed by atoms with Crippen molar-refractivity contribution in [2.45, 2.75) is 24.9 Å². The first-order valence-corrected chi connectivity index (χ1v) is 13.2. The molecule has 0 radical (unpaired) electrons. The van der Waals surface area contributed by atoms with Gasteiger partial charge < -0.3 is 25.4 Å². The zero-order valence-corrected chi connectivity index (χ0v) is 21.9. The number of amides is 2. The number of hydrogen-bond acceptors (Lipinski definition) is 9. The van der Waals surface area contributed by atoms with Gasteiger partial charge in [-0.1, -0.05) is 28.1 Å². The molecule has 5 heterocycles. The number of carbonyl (C=O) groups excluding carboxylic acids is 2. The minimum Gasteiger partial charge on any atom is -0.477 e. The number of fused-ring (bicyclic) bond motifs is 2. The van der Waals surface area contributed by atoms with Crippen molar-refractivity contribution in [1.29, 1.82) is 0 Å². The molecule has 0 saturated carbocycles. The molecule has 0 aromatic carbocycles. The van der Waals surface area contributed by atoms with Crippen LogP contribution >= 0.6 is 34.7 Å². The van der Waals surface area contributed by atoms with Crippen molar-refractivity contribution < 1.29 is 28.9 Å². The van der Waals surface area contributed by atoms with Gasteiger partial charge in [0.2, 0.25) is 5.69 Å². The van der Waals surface area contributed by atoms with Crippen LogP contribution < -0.4 is 15.6 Å². The molecule has 4 N–H and O–H groups in total. The highest BCUT2D eigenvalue weighted by molar-refractivity contribution is 8.00. The van der Waals surface area contributed by atoms with Gasteiger partial charge in [-0.2, -0.15) is 4.57 Å². The summed E-state index contributed by atoms with van der Waals surface area (Å²) in [5, 5.41) is 15.9. The number of oxime groups is 1. The van der Waals surface area contributed by atoms with Crippen LogP contribution in [0.25, 0.3) is 5.52 Å². The number of halogens is 1. The fourth-order valence-electron chi connectivity index (χ4n) is 4.38. The van der Waals surface area contributed by atoms with Crippen molar-refractivity contribution in [2.75, 3.05) is 18.6 Å². The number of carboxylic acids is 1. The molecule has 2 aliphatic rings. The average molecular weight is 563 g/mol. The van der Waals surface area contributed by atoms with Gasteiger partial charge in [0, 0.05) is 24.4 Å². The Balaban J connectivity index is 1.38. The molecule has 1 saturated heterocycles. The van der Waals surface area contributed by atoms with Crippen LogP contribution in [0.1, 0.15) is 11.4 Å². The summed E-state index contributed by atoms with van der Waals surface area (Å²) in [6.07, 6.45) is 5.70. The monoisotopic (exact) mass is 562 g/mol. The van der Waals surface area contributed by atoms with Gasteiger partial charge in [0.25, 0.3) is 11.8 Å². The molecule has 0 unspecified atom stereocenters. The Morgan fingerprint density at radius 2 is 2.22 bits per heavy atom. The summed E-state index contributed by atoms with van der Waals surface area (Å²) in [6.45, 7) is 2.26. The summed E-state index contributed by atoms with van der Waals surface area (Å²) < 4.78 is 4.07. The van der Waals surface area contributed by atoms with Crippen LogP contribution in [0.2, 0.25) is 4.34 Å². The van der Waals surface area contributed by atoms with Gasteiger partial charge in [-0.15, -0.1) is 11.8 Å². The summed E-state index contributed by atoms with van der Waals surface area (Å²) in [6, 6.07) is 2.95. The molecule has 192 valence electrons. The van der Waals surface area contributed by atoms with Crippen LogP contribution in [0.4, 0.5) is 5.13 Å². The Kier molecular flexibility index (Phi) is 6.56. The zero-order chi connectivity index (χ0) is 26.4. The molecule has 0 bridgehead atoms. The number of nitrogens with zero attached hydrogens (tertiary/aromatic N) is 5. The average Bonchev–Trinajstić information content (AvgIpc) is 3.48. The summed E-state index contributed by atoms with van der Waals surface area (Å²) in [7, 11) is 1.25. The van der Waals surface area contributed by atoms with E-state index in [1.54, 1.807) is 0 Å². The van der Waals surface area contributed by atoms with Crippen molar-refractivity contribution in [1.82, 2.24) is 19.6 Å². The number of thioether (sulfide) groups is 1. The standard InChI is InChI=1S/C22H20ClN7O5S2/c1-10-12-4-3-5-28(12)6-7-29(10)8-11-9-36-20-15(19(32)30(20)16(11)21(33)34)25-18(31)14(27-35-2)13-17(23)37-22(24)26-13/h3-7,15,20H,8-9H2,1-2H3,(H3-,24,25,26,31,33,34)/p+1/b27-14-/t15-,20-/m1/s1. The maximum absolute atomic E-state index is 13.1. The number of hydrogen-bond donors (Lipinski definition) is 3. The fraction of sp³-hybridized carbons (Fsp3) is 0.273. The Morgan fingerprint density at radius 3 is 2.89 bits per heavy atom. The number of carbonyl (C=O) groups is 3. The molecule has 0 aliphatic carbocycles. The fourth-order valence-corrected chi connectivity index (χ4v) is 6.64. The van der Waals surface area contributed by atoms with E-state index in [2.05, 4.69) is 15.5 Å². The van der Waals surface area contributed by atoms with E-state index >= 15 is 0 Å². The van der Waals surface area contributed by atoms with E-state index in [-0.39, 0.29) is 26.6 Å². The predicted octanol–water partition coefficient (Wildman–Crippen LogP) is 1.02. The number of nitrogens with two attached hydrogens (primary N) is 1. The number of rotatable bonds is 7. The first kappa shape index (κ1) is 25.0. The lowest BCUT2D eigenvalue weighted by Crippen LogP contribution is -2.71. The lowest BCUT2D eigenvalue weighted by molar-refractivity contribution is -0.694. The van der Waals surface area contributed by atoms with Crippen molar-refractivity contribution in [3.05, 3.63) is 57.7 Å². The normalized spacial score (nSPS) is 19.6. The summed E-state index contributed by atoms with van der Waals surface area (Å²) in [4.78, 5) is 48.4. The number of nitrogen functional groups attached to an aromatic ring is 1. The van der Waals surface area contributed by atoms with Gasteiger partial charge in [-0.3, -0.25) is 14.5 Å². The molecule has 12 nitrogen and oxygen atoms in total. The minimum absolute atomic E-state index is 0.0317. The van der Waals surface area contributed by atoms with E-state index in [4.69, 9.17) is 22.2 Å². The first-order valence-electron chi connectivity index (χ1n) is 10.9. The minimum atomic E-state index is -1.20. The topological polar surface area (TPSA) is 156 Å². The highest BCUT2D eigenvalue weighted by atomic mass is 35.5. The third-order valence-corrected chi connectivity index (χ3v) is 8.53. The Labute approximate surface area is 223 Å². The van der Waals surface area contributed by atoms with E-state index in [1.807, 2.05) is 46.6 Å². The highest BCUT2D eigenvalue weighted by Gasteiger charge is 2.55. The summed E-state index contributed by atoms with van der Waals surface area (Å²) in [5.74, 6) is -2.11. The van der Waals surface area contributed by atoms with E-state index in [9.17, 15) is 19.5 Å². The van der Waals surface area contributed by atoms with Crippen LogP contribution in [0, 0.1) is 6.92 Å². The lowest BCUT2D eigenvalue weighted by Gasteiger charge is -2.49. The van der Waals surface area contributed by atoms with Crippen LogP contribution in [0.3, 0.4) is 0 Å². The van der Waals surface area contributed by atoms with Crippen molar-refractivity contribution >= 4 is 68.8 Å². The van der Waals surface area contributed by atoms with Gasteiger partial charge in [0.15, 0.2) is 23.6 Å². The number of thiazole rings is 1. The number of nitrogens with one attached hydrogen (secondary N) is 1. The van der Waals surface area contributed by atoms with Crippen molar-refractivity contribution in [2.24, 2.45) is 5.16 Å². The number of β-lactam (4-membered cyclic amide) rings is 1. The molecule has 5 rings (SSSR count). The van der Waals surface area contributed by atoms with Gasteiger partial charge >= 0.3 is 5.97 Å². The lowest BCUT2D eigenvalue weighted by atomic mass is 10.0. The van der Waals surface area contributed by atoms with Gasteiger partial charge in [0.1, 0.15) is 39.8 Å². The van der Waals surface area contributed by atoms with Gasteiger partial charge in [0.05, 0.1) is 6.20 Å². The van der Waals surface area contributed by atoms with Crippen LogP contribution in [-0.2, 0) is 25.8 Å². The van der Waals surface area contributed by atoms with E-state index in [0.29, 0.717) is 17.9 Å². The van der Waals surface area contributed by atoms with Crippen LogP contribution in [0.15, 0.2) is 47.1 Å². The van der Waals surface area contributed by atoms with Crippen LogP contribution in [-0.4, -0.2) is 67.2 Å². The second-order valence-electron chi connectivity index (χ2n) is 8.23. The summed E-state index contributed by atoms with van der Waals surface area (Å²) in [5.41, 5.74) is 7.96. The molecule has 2 amide bonds. The molecule has 0 spiro atoms. The Bertz CT molecular complexity index is 1510. The second kappa shape index (κ2) is 9.68. The number of carboxylic acid groups (broad SMARTS) is 1. The van der Waals surface area contributed by atoms with Crippen molar-refractivity contribution in [3.63, 3.8) is 0 Å². The SMILES string of the molecule is CO/N=C(\C(=O)N[C@@H]1C(=O)N2C(C(=O)O)=C(C[n+]3ccn4cccc4c3C)CS[C@H]12)c1nc(N)sc1Cl. The van der Waals surface area contributed by atoms with Gasteiger partial charge in [-0.05, 0) is 12.1 Å². The van der Waals surface area contributed by atoms with Gasteiger partial charge in [-0.25, -0.2) is 9.78 Å². The quantitative estimate of drug-likeness (QED) is 0.167.